The highest BCUT2D eigenvalue weighted by atomic mass is 32.2. The largest absolute Gasteiger partial charge is 0.326 e. The van der Waals surface area contributed by atoms with E-state index >= 15 is 0 Å². The fraction of sp³-hybridized carbons (Fsp3) is 0.300. The predicted molar refractivity (Wildman–Crippen MR) is 72.2 cm³/mol. The summed E-state index contributed by atoms with van der Waals surface area (Å²) in [5.74, 6) is 0. The fourth-order valence-corrected chi connectivity index (χ4v) is 3.14. The van der Waals surface area contributed by atoms with Crippen LogP contribution in [0.3, 0.4) is 0 Å². The molecule has 0 bridgehead atoms. The third-order valence-electron chi connectivity index (χ3n) is 2.30. The van der Waals surface area contributed by atoms with Gasteiger partial charge in [-0.1, -0.05) is 24.3 Å². The van der Waals surface area contributed by atoms with Gasteiger partial charge < -0.3 is 5.73 Å². The van der Waals surface area contributed by atoms with Crippen LogP contribution in [0.2, 0.25) is 0 Å². The molecule has 19 heavy (non-hydrogen) atoms. The number of aryl methyl sites for hydroxylation is 1. The summed E-state index contributed by atoms with van der Waals surface area (Å²) in [6.45, 7) is 2.24. The molecule has 0 unspecified atom stereocenters. The zero-order valence-corrected chi connectivity index (χ0v) is 11.8. The van der Waals surface area contributed by atoms with Gasteiger partial charge in [0.2, 0.25) is 5.13 Å². The van der Waals surface area contributed by atoms with Crippen molar-refractivity contribution in [2.45, 2.75) is 24.9 Å². The normalized spacial score (nSPS) is 11.5. The second-order valence-electron chi connectivity index (χ2n) is 3.67. The molecule has 0 fully saturated rings. The molecule has 0 saturated heterocycles. The molecule has 102 valence electrons. The second kappa shape index (κ2) is 5.59. The quantitative estimate of drug-likeness (QED) is 0.843. The minimum absolute atomic E-state index is 0.0713. The van der Waals surface area contributed by atoms with Crippen LogP contribution in [-0.4, -0.2) is 23.6 Å². The molecular formula is C10H13N5O2S2. The number of pyridine rings is 1. The van der Waals surface area contributed by atoms with E-state index in [2.05, 4.69) is 19.9 Å². The molecule has 2 aromatic rings. The van der Waals surface area contributed by atoms with E-state index < -0.39 is 10.0 Å². The van der Waals surface area contributed by atoms with Crippen LogP contribution in [-0.2, 0) is 23.0 Å². The molecule has 2 heterocycles. The Bertz CT molecular complexity index is 651. The fourth-order valence-electron chi connectivity index (χ4n) is 1.30. The van der Waals surface area contributed by atoms with Crippen LogP contribution < -0.4 is 10.5 Å². The number of hydrogen-bond acceptors (Lipinski definition) is 7. The maximum Gasteiger partial charge on any atom is 0.281 e. The number of nitrogens with zero attached hydrogens (tertiary/aromatic N) is 3. The van der Waals surface area contributed by atoms with Gasteiger partial charge in [-0.3, -0.25) is 4.72 Å². The average Bonchev–Trinajstić information content (AvgIpc) is 2.85. The van der Waals surface area contributed by atoms with Gasteiger partial charge in [0.1, 0.15) is 5.01 Å². The monoisotopic (exact) mass is 299 g/mol. The number of aromatic nitrogens is 3. The Morgan fingerprint density at radius 2 is 2.16 bits per heavy atom. The zero-order valence-electron chi connectivity index (χ0n) is 10.2. The van der Waals surface area contributed by atoms with Gasteiger partial charge >= 0.3 is 0 Å². The van der Waals surface area contributed by atoms with E-state index in [1.807, 2.05) is 6.92 Å². The molecule has 0 radical (unpaired) electrons. The Labute approximate surface area is 115 Å². The molecule has 0 aliphatic carbocycles. The van der Waals surface area contributed by atoms with Crippen molar-refractivity contribution in [3.63, 3.8) is 0 Å². The van der Waals surface area contributed by atoms with Crippen molar-refractivity contribution in [1.82, 2.24) is 15.2 Å². The van der Waals surface area contributed by atoms with Crippen molar-refractivity contribution in [3.8, 4) is 0 Å². The van der Waals surface area contributed by atoms with E-state index in [1.165, 1.54) is 23.6 Å². The highest BCUT2D eigenvalue weighted by Crippen LogP contribution is 2.19. The summed E-state index contributed by atoms with van der Waals surface area (Å²) in [6.07, 6.45) is 2.15. The second-order valence-corrected chi connectivity index (χ2v) is 6.36. The maximum atomic E-state index is 12.0. The van der Waals surface area contributed by atoms with E-state index in [4.69, 9.17) is 5.73 Å². The maximum absolute atomic E-state index is 12.0. The highest BCUT2D eigenvalue weighted by molar-refractivity contribution is 7.92. The Morgan fingerprint density at radius 1 is 1.37 bits per heavy atom. The lowest BCUT2D eigenvalue weighted by Crippen LogP contribution is -2.14. The van der Waals surface area contributed by atoms with Crippen LogP contribution in [0.5, 0.6) is 0 Å². The summed E-state index contributed by atoms with van der Waals surface area (Å²) in [6, 6.07) is 3.03. The molecular weight excluding hydrogens is 286 g/mol. The van der Waals surface area contributed by atoms with Gasteiger partial charge in [0.25, 0.3) is 10.0 Å². The molecule has 0 aromatic carbocycles. The van der Waals surface area contributed by atoms with Crippen molar-refractivity contribution >= 4 is 26.5 Å². The SMILES string of the molecule is CCc1nnc(NS(=O)(=O)c2ccc(CN)cn2)s1. The van der Waals surface area contributed by atoms with Crippen molar-refractivity contribution in [2.24, 2.45) is 5.73 Å². The first-order valence-electron chi connectivity index (χ1n) is 5.55. The van der Waals surface area contributed by atoms with E-state index in [0.717, 1.165) is 10.6 Å². The predicted octanol–water partition coefficient (Wildman–Crippen LogP) is 0.755. The number of nitrogens with one attached hydrogen (secondary N) is 1. The van der Waals surface area contributed by atoms with Crippen LogP contribution in [0.4, 0.5) is 5.13 Å². The van der Waals surface area contributed by atoms with E-state index in [-0.39, 0.29) is 10.2 Å². The first-order chi connectivity index (χ1) is 9.05. The van der Waals surface area contributed by atoms with Gasteiger partial charge in [-0.25, -0.2) is 4.98 Å². The van der Waals surface area contributed by atoms with Crippen molar-refractivity contribution in [2.75, 3.05) is 4.72 Å². The molecule has 2 rings (SSSR count). The first-order valence-corrected chi connectivity index (χ1v) is 7.85. The van der Waals surface area contributed by atoms with E-state index in [1.54, 1.807) is 6.07 Å². The first kappa shape index (κ1) is 13.8. The molecule has 0 atom stereocenters. The summed E-state index contributed by atoms with van der Waals surface area (Å²) < 4.78 is 26.4. The lowest BCUT2D eigenvalue weighted by Gasteiger charge is -2.04. The van der Waals surface area contributed by atoms with Crippen molar-refractivity contribution < 1.29 is 8.42 Å². The molecule has 0 saturated carbocycles. The molecule has 3 N–H and O–H groups in total. The van der Waals surface area contributed by atoms with Crippen LogP contribution in [0.1, 0.15) is 17.5 Å². The molecule has 0 aliphatic rings. The van der Waals surface area contributed by atoms with Gasteiger partial charge in [0.05, 0.1) is 0 Å². The van der Waals surface area contributed by atoms with Crippen LogP contribution >= 0.6 is 11.3 Å². The molecule has 0 aliphatic heterocycles. The Morgan fingerprint density at radius 3 is 2.68 bits per heavy atom. The number of anilines is 1. The van der Waals surface area contributed by atoms with Gasteiger partial charge in [0, 0.05) is 12.7 Å². The highest BCUT2D eigenvalue weighted by Gasteiger charge is 2.17. The molecule has 9 heteroatoms. The van der Waals surface area contributed by atoms with E-state index in [9.17, 15) is 8.42 Å². The number of rotatable bonds is 5. The number of hydrogen-bond donors (Lipinski definition) is 2. The molecule has 0 spiro atoms. The smallest absolute Gasteiger partial charge is 0.281 e. The minimum atomic E-state index is -3.73. The summed E-state index contributed by atoms with van der Waals surface area (Å²) in [4.78, 5) is 3.87. The third-order valence-corrected chi connectivity index (χ3v) is 4.67. The summed E-state index contributed by atoms with van der Waals surface area (Å²) in [5.41, 5.74) is 6.20. The average molecular weight is 299 g/mol. The van der Waals surface area contributed by atoms with Crippen LogP contribution in [0, 0.1) is 0 Å². The summed E-state index contributed by atoms with van der Waals surface area (Å²) in [7, 11) is -3.73. The summed E-state index contributed by atoms with van der Waals surface area (Å²) in [5, 5.41) is 8.54. The van der Waals surface area contributed by atoms with E-state index in [0.29, 0.717) is 13.0 Å². The molecule has 0 amide bonds. The lowest BCUT2D eigenvalue weighted by molar-refractivity contribution is 0.597. The minimum Gasteiger partial charge on any atom is -0.326 e. The molecule has 7 nitrogen and oxygen atoms in total. The lowest BCUT2D eigenvalue weighted by atomic mass is 10.3. The van der Waals surface area contributed by atoms with Gasteiger partial charge in [-0.15, -0.1) is 10.2 Å². The van der Waals surface area contributed by atoms with Gasteiger partial charge in [0.15, 0.2) is 5.03 Å². The number of nitrogens with two attached hydrogens (primary N) is 1. The summed E-state index contributed by atoms with van der Waals surface area (Å²) >= 11 is 1.20. The van der Waals surface area contributed by atoms with Crippen LogP contribution in [0.15, 0.2) is 23.4 Å². The third kappa shape index (κ3) is 3.25. The van der Waals surface area contributed by atoms with Gasteiger partial charge in [-0.05, 0) is 18.1 Å². The zero-order chi connectivity index (χ0) is 13.9. The van der Waals surface area contributed by atoms with Crippen molar-refractivity contribution in [1.29, 1.82) is 0 Å². The van der Waals surface area contributed by atoms with Crippen LogP contribution in [0.25, 0.3) is 0 Å². The van der Waals surface area contributed by atoms with Gasteiger partial charge in [-0.2, -0.15) is 8.42 Å². The Kier molecular flexibility index (Phi) is 4.08. The van der Waals surface area contributed by atoms with Crippen molar-refractivity contribution in [3.05, 3.63) is 28.9 Å². The Hall–Kier alpha value is -1.58. The standard InChI is InChI=1S/C10H13N5O2S2/c1-2-8-13-14-10(18-8)15-19(16,17)9-4-3-7(5-11)6-12-9/h3-4,6H,2,5,11H2,1H3,(H,14,15). The molecule has 2 aromatic heterocycles. The topological polar surface area (TPSA) is 111 Å². The number of sulfonamides is 1. The Balaban J connectivity index is 2.21.